The Morgan fingerprint density at radius 1 is 0.676 bits per heavy atom. The topological polar surface area (TPSA) is 130 Å². The minimum Gasteiger partial charge on any atom is -0.481 e. The van der Waals surface area contributed by atoms with E-state index < -0.39 is 11.9 Å². The van der Waals surface area contributed by atoms with Crippen molar-refractivity contribution in [2.45, 2.75) is 12.8 Å². The van der Waals surface area contributed by atoms with E-state index in [9.17, 15) is 14.4 Å². The third kappa shape index (κ3) is 7.20. The van der Waals surface area contributed by atoms with Crippen LogP contribution in [0.5, 0.6) is 0 Å². The standard InChI is InChI=1S/C19H15NO3.C8H9NO2/c21-18(22)11-13-5-9-17(10-6-13)20-19(23)16-8-7-14-3-1-2-4-15(14)12-16;9-7-3-1-6(2-4-7)5-8(10)11/h1-10,12H,11H2,(H,20,23)(H,21,22);1-4H,5,9H2,(H,10,11). The van der Waals surface area contributed by atoms with Crippen molar-refractivity contribution in [3.63, 3.8) is 0 Å². The van der Waals surface area contributed by atoms with E-state index >= 15 is 0 Å². The van der Waals surface area contributed by atoms with Crippen LogP contribution < -0.4 is 11.1 Å². The molecule has 0 bridgehead atoms. The number of carboxylic acid groups (broad SMARTS) is 2. The first-order valence-electron chi connectivity index (χ1n) is 10.5. The zero-order valence-corrected chi connectivity index (χ0v) is 18.3. The Balaban J connectivity index is 0.000000248. The van der Waals surface area contributed by atoms with E-state index in [0.29, 0.717) is 22.5 Å². The van der Waals surface area contributed by atoms with Crippen LogP contribution in [0.25, 0.3) is 10.8 Å². The van der Waals surface area contributed by atoms with E-state index in [0.717, 1.165) is 16.3 Å². The zero-order valence-electron chi connectivity index (χ0n) is 18.3. The molecule has 7 heteroatoms. The lowest BCUT2D eigenvalue weighted by molar-refractivity contribution is -0.137. The van der Waals surface area contributed by atoms with Gasteiger partial charge in [0.05, 0.1) is 12.8 Å². The van der Waals surface area contributed by atoms with Gasteiger partial charge in [0, 0.05) is 16.9 Å². The van der Waals surface area contributed by atoms with Gasteiger partial charge in [-0.15, -0.1) is 0 Å². The van der Waals surface area contributed by atoms with Crippen molar-refractivity contribution in [1.82, 2.24) is 0 Å². The van der Waals surface area contributed by atoms with Crippen LogP contribution in [0.3, 0.4) is 0 Å². The molecule has 0 fully saturated rings. The Bertz CT molecular complexity index is 1300. The summed E-state index contributed by atoms with van der Waals surface area (Å²) in [4.78, 5) is 33.2. The van der Waals surface area contributed by atoms with Gasteiger partial charge < -0.3 is 21.3 Å². The SMILES string of the molecule is Nc1ccc(CC(=O)O)cc1.O=C(O)Cc1ccc(NC(=O)c2ccc3ccccc3c2)cc1. The largest absolute Gasteiger partial charge is 0.481 e. The van der Waals surface area contributed by atoms with Crippen LogP contribution in [0.4, 0.5) is 11.4 Å². The Kier molecular flexibility index (Phi) is 7.97. The van der Waals surface area contributed by atoms with E-state index in [2.05, 4.69) is 5.32 Å². The maximum absolute atomic E-state index is 12.3. The number of aliphatic carboxylic acids is 2. The van der Waals surface area contributed by atoms with Crippen molar-refractivity contribution in [1.29, 1.82) is 0 Å². The van der Waals surface area contributed by atoms with E-state index in [1.807, 2.05) is 36.4 Å². The predicted molar refractivity (Wildman–Crippen MR) is 132 cm³/mol. The molecule has 0 saturated heterocycles. The smallest absolute Gasteiger partial charge is 0.307 e. The van der Waals surface area contributed by atoms with Crippen LogP contribution in [0, 0.1) is 0 Å². The number of nitrogens with two attached hydrogens (primary N) is 1. The number of carbonyl (C=O) groups is 3. The molecule has 7 nitrogen and oxygen atoms in total. The highest BCUT2D eigenvalue weighted by molar-refractivity contribution is 6.06. The quantitative estimate of drug-likeness (QED) is 0.313. The number of anilines is 2. The molecular formula is C27H24N2O5. The fourth-order valence-electron chi connectivity index (χ4n) is 3.22. The molecule has 0 unspecified atom stereocenters. The van der Waals surface area contributed by atoms with Crippen molar-refractivity contribution in [2.75, 3.05) is 11.1 Å². The maximum atomic E-state index is 12.3. The van der Waals surface area contributed by atoms with Crippen molar-refractivity contribution in [3.05, 3.63) is 108 Å². The lowest BCUT2D eigenvalue weighted by Gasteiger charge is -2.07. The van der Waals surface area contributed by atoms with Crippen LogP contribution in [0.1, 0.15) is 21.5 Å². The lowest BCUT2D eigenvalue weighted by Crippen LogP contribution is -2.11. The Hall–Kier alpha value is -4.65. The van der Waals surface area contributed by atoms with Gasteiger partial charge in [-0.1, -0.05) is 54.6 Å². The number of hydrogen-bond donors (Lipinski definition) is 4. The summed E-state index contributed by atoms with van der Waals surface area (Å²) in [5, 5.41) is 22.1. The molecule has 34 heavy (non-hydrogen) atoms. The molecule has 0 spiro atoms. The maximum Gasteiger partial charge on any atom is 0.307 e. The average Bonchev–Trinajstić information content (AvgIpc) is 2.81. The van der Waals surface area contributed by atoms with Crippen LogP contribution in [0.2, 0.25) is 0 Å². The molecule has 0 atom stereocenters. The number of hydrogen-bond acceptors (Lipinski definition) is 4. The van der Waals surface area contributed by atoms with Crippen LogP contribution >= 0.6 is 0 Å². The van der Waals surface area contributed by atoms with Crippen LogP contribution in [0.15, 0.2) is 91.0 Å². The van der Waals surface area contributed by atoms with Crippen molar-refractivity contribution in [3.8, 4) is 0 Å². The average molecular weight is 456 g/mol. The molecule has 172 valence electrons. The highest BCUT2D eigenvalue weighted by Crippen LogP contribution is 2.17. The number of rotatable bonds is 6. The molecule has 0 aliphatic heterocycles. The number of nitrogen functional groups attached to an aromatic ring is 1. The van der Waals surface area contributed by atoms with E-state index in [-0.39, 0.29) is 18.7 Å². The van der Waals surface area contributed by atoms with Gasteiger partial charge in [-0.2, -0.15) is 0 Å². The van der Waals surface area contributed by atoms with Gasteiger partial charge in [-0.05, 0) is 58.3 Å². The molecule has 4 rings (SSSR count). The summed E-state index contributed by atoms with van der Waals surface area (Å²) < 4.78 is 0. The Morgan fingerprint density at radius 3 is 1.76 bits per heavy atom. The van der Waals surface area contributed by atoms with E-state index in [1.165, 1.54) is 0 Å². The molecule has 1 amide bonds. The molecule has 0 aliphatic carbocycles. The number of carboxylic acids is 2. The number of nitrogens with one attached hydrogen (secondary N) is 1. The lowest BCUT2D eigenvalue weighted by atomic mass is 10.1. The first-order valence-corrected chi connectivity index (χ1v) is 10.5. The van der Waals surface area contributed by atoms with Crippen molar-refractivity contribution >= 4 is 40.0 Å². The fraction of sp³-hybridized carbons (Fsp3) is 0.0741. The molecule has 0 aliphatic rings. The molecule has 0 heterocycles. The summed E-state index contributed by atoms with van der Waals surface area (Å²) >= 11 is 0. The van der Waals surface area contributed by atoms with Crippen molar-refractivity contribution < 1.29 is 24.6 Å². The van der Waals surface area contributed by atoms with Crippen LogP contribution in [-0.2, 0) is 22.4 Å². The molecule has 4 aromatic carbocycles. The Labute approximate surface area is 196 Å². The van der Waals surface area contributed by atoms with Gasteiger partial charge in [-0.25, -0.2) is 0 Å². The minimum absolute atomic E-state index is 0.0289. The zero-order chi connectivity index (χ0) is 24.5. The van der Waals surface area contributed by atoms with E-state index in [1.54, 1.807) is 54.6 Å². The minimum atomic E-state index is -0.877. The molecule has 0 saturated carbocycles. The Morgan fingerprint density at radius 2 is 1.21 bits per heavy atom. The number of amides is 1. The van der Waals surface area contributed by atoms with E-state index in [4.69, 9.17) is 15.9 Å². The summed E-state index contributed by atoms with van der Waals surface area (Å²) in [5.74, 6) is -1.89. The summed E-state index contributed by atoms with van der Waals surface area (Å²) in [5.41, 5.74) is 8.75. The molecule has 4 aromatic rings. The fourth-order valence-corrected chi connectivity index (χ4v) is 3.22. The van der Waals surface area contributed by atoms with Gasteiger partial charge in [0.1, 0.15) is 0 Å². The molecular weight excluding hydrogens is 432 g/mol. The van der Waals surface area contributed by atoms with Gasteiger partial charge in [0.25, 0.3) is 5.91 Å². The van der Waals surface area contributed by atoms with Gasteiger partial charge in [-0.3, -0.25) is 14.4 Å². The van der Waals surface area contributed by atoms with Gasteiger partial charge >= 0.3 is 11.9 Å². The summed E-state index contributed by atoms with van der Waals surface area (Å²) in [6.07, 6.45) is 0.0270. The first-order chi connectivity index (χ1) is 16.3. The monoisotopic (exact) mass is 456 g/mol. The second kappa shape index (κ2) is 11.3. The van der Waals surface area contributed by atoms with Crippen molar-refractivity contribution in [2.24, 2.45) is 0 Å². The molecule has 0 aromatic heterocycles. The molecule has 5 N–H and O–H groups in total. The number of carbonyl (C=O) groups excluding carboxylic acids is 1. The van der Waals surface area contributed by atoms with Gasteiger partial charge in [0.2, 0.25) is 0 Å². The number of benzene rings is 4. The second-order valence-electron chi connectivity index (χ2n) is 7.60. The summed E-state index contributed by atoms with van der Waals surface area (Å²) in [6.45, 7) is 0. The first kappa shape index (κ1) is 24.0. The van der Waals surface area contributed by atoms with Gasteiger partial charge in [0.15, 0.2) is 0 Å². The second-order valence-corrected chi connectivity index (χ2v) is 7.60. The van der Waals surface area contributed by atoms with Crippen LogP contribution in [-0.4, -0.2) is 28.1 Å². The third-order valence-corrected chi connectivity index (χ3v) is 4.91. The summed E-state index contributed by atoms with van der Waals surface area (Å²) in [6, 6.07) is 27.0. The molecule has 0 radical (unpaired) electrons. The third-order valence-electron chi connectivity index (χ3n) is 4.91. The predicted octanol–water partition coefficient (Wildman–Crippen LogP) is 4.62. The number of fused-ring (bicyclic) bond motifs is 1. The summed E-state index contributed by atoms with van der Waals surface area (Å²) in [7, 11) is 0. The highest BCUT2D eigenvalue weighted by Gasteiger charge is 2.07. The highest BCUT2D eigenvalue weighted by atomic mass is 16.4. The normalized spacial score (nSPS) is 10.1.